The predicted molar refractivity (Wildman–Crippen MR) is 76.7 cm³/mol. The highest BCUT2D eigenvalue weighted by atomic mass is 16.4. The van der Waals surface area contributed by atoms with Gasteiger partial charge in [-0.3, -0.25) is 9.59 Å². The molecule has 1 aliphatic rings. The van der Waals surface area contributed by atoms with Crippen molar-refractivity contribution in [1.29, 1.82) is 0 Å². The molecule has 0 radical (unpaired) electrons. The zero-order valence-corrected chi connectivity index (χ0v) is 11.9. The molecule has 2 rings (SSSR count). The highest BCUT2D eigenvalue weighted by Gasteiger charge is 2.16. The summed E-state index contributed by atoms with van der Waals surface area (Å²) in [6, 6.07) is 6.27. The van der Waals surface area contributed by atoms with Gasteiger partial charge in [0.25, 0.3) is 0 Å². The largest absolute Gasteiger partial charge is 0.481 e. The van der Waals surface area contributed by atoms with E-state index in [4.69, 9.17) is 5.11 Å². The first-order valence-electron chi connectivity index (χ1n) is 7.20. The third kappa shape index (κ3) is 3.59. The van der Waals surface area contributed by atoms with Crippen LogP contribution in [-0.2, 0) is 28.9 Å². The number of carbonyl (C=O) groups is 2. The summed E-state index contributed by atoms with van der Waals surface area (Å²) in [5.74, 6) is -0.861. The lowest BCUT2D eigenvalue weighted by Gasteiger charge is -2.20. The summed E-state index contributed by atoms with van der Waals surface area (Å²) >= 11 is 0. The second-order valence-electron chi connectivity index (χ2n) is 5.25. The number of rotatable bonds is 6. The van der Waals surface area contributed by atoms with E-state index in [1.54, 1.807) is 4.90 Å². The molecule has 0 atom stereocenters. The number of carboxylic acid groups (broad SMARTS) is 1. The van der Waals surface area contributed by atoms with Gasteiger partial charge in [-0.1, -0.05) is 18.2 Å². The zero-order valence-electron chi connectivity index (χ0n) is 11.9. The van der Waals surface area contributed by atoms with Gasteiger partial charge in [0.15, 0.2) is 0 Å². The SMILES string of the molecule is CCN(CCC(=O)O)C(=O)Cc1ccc2c(c1)CCC2. The number of nitrogens with zero attached hydrogens (tertiary/aromatic N) is 1. The molecule has 0 saturated heterocycles. The molecule has 0 aliphatic heterocycles. The van der Waals surface area contributed by atoms with Gasteiger partial charge >= 0.3 is 5.97 Å². The molecule has 1 aromatic rings. The number of aryl methyl sites for hydroxylation is 2. The number of carboxylic acids is 1. The lowest BCUT2D eigenvalue weighted by atomic mass is 10.0. The maximum absolute atomic E-state index is 12.2. The van der Waals surface area contributed by atoms with Crippen LogP contribution in [0.4, 0.5) is 0 Å². The Morgan fingerprint density at radius 2 is 2.00 bits per heavy atom. The number of hydrogen-bond acceptors (Lipinski definition) is 2. The van der Waals surface area contributed by atoms with Crippen molar-refractivity contribution in [3.63, 3.8) is 0 Å². The highest BCUT2D eigenvalue weighted by Crippen LogP contribution is 2.23. The maximum atomic E-state index is 12.2. The van der Waals surface area contributed by atoms with Gasteiger partial charge in [0.05, 0.1) is 12.8 Å². The molecule has 108 valence electrons. The Labute approximate surface area is 119 Å². The van der Waals surface area contributed by atoms with Crippen molar-refractivity contribution in [2.24, 2.45) is 0 Å². The van der Waals surface area contributed by atoms with Crippen molar-refractivity contribution >= 4 is 11.9 Å². The molecule has 4 nitrogen and oxygen atoms in total. The van der Waals surface area contributed by atoms with Crippen molar-refractivity contribution in [2.45, 2.75) is 39.0 Å². The second kappa shape index (κ2) is 6.55. The van der Waals surface area contributed by atoms with Gasteiger partial charge in [-0.15, -0.1) is 0 Å². The van der Waals surface area contributed by atoms with Crippen molar-refractivity contribution < 1.29 is 14.7 Å². The van der Waals surface area contributed by atoms with E-state index in [1.165, 1.54) is 17.5 Å². The van der Waals surface area contributed by atoms with E-state index in [1.807, 2.05) is 13.0 Å². The number of amides is 1. The fraction of sp³-hybridized carbons (Fsp3) is 0.500. The summed E-state index contributed by atoms with van der Waals surface area (Å²) in [6.45, 7) is 2.72. The number of aliphatic carboxylic acids is 1. The van der Waals surface area contributed by atoms with Gasteiger partial charge in [0.1, 0.15) is 0 Å². The van der Waals surface area contributed by atoms with E-state index in [0.29, 0.717) is 13.0 Å². The molecule has 0 bridgehead atoms. The summed E-state index contributed by atoms with van der Waals surface area (Å²) in [7, 11) is 0. The Morgan fingerprint density at radius 3 is 2.70 bits per heavy atom. The van der Waals surface area contributed by atoms with Crippen LogP contribution >= 0.6 is 0 Å². The van der Waals surface area contributed by atoms with Gasteiger partial charge in [0, 0.05) is 13.1 Å². The van der Waals surface area contributed by atoms with Crippen molar-refractivity contribution in [3.8, 4) is 0 Å². The highest BCUT2D eigenvalue weighted by molar-refractivity contribution is 5.79. The Kier molecular flexibility index (Phi) is 4.77. The normalized spacial score (nSPS) is 13.1. The molecule has 0 heterocycles. The molecule has 0 aromatic heterocycles. The van der Waals surface area contributed by atoms with Crippen LogP contribution in [-0.4, -0.2) is 35.0 Å². The van der Waals surface area contributed by atoms with Crippen LogP contribution in [0.15, 0.2) is 18.2 Å². The molecule has 1 amide bonds. The summed E-state index contributed by atoms with van der Waals surface area (Å²) in [6.07, 6.45) is 3.81. The Hall–Kier alpha value is -1.84. The van der Waals surface area contributed by atoms with Crippen LogP contribution in [0.2, 0.25) is 0 Å². The number of fused-ring (bicyclic) bond motifs is 1. The molecule has 0 fully saturated rings. The summed E-state index contributed by atoms with van der Waals surface area (Å²) < 4.78 is 0. The summed E-state index contributed by atoms with van der Waals surface area (Å²) in [5.41, 5.74) is 3.80. The Morgan fingerprint density at radius 1 is 1.25 bits per heavy atom. The number of carbonyl (C=O) groups excluding carboxylic acids is 1. The first-order valence-corrected chi connectivity index (χ1v) is 7.20. The third-order valence-electron chi connectivity index (χ3n) is 3.85. The minimum absolute atomic E-state index is 0.00374. The van der Waals surface area contributed by atoms with E-state index in [0.717, 1.165) is 18.4 Å². The van der Waals surface area contributed by atoms with Crippen molar-refractivity contribution in [2.75, 3.05) is 13.1 Å². The molecule has 1 aliphatic carbocycles. The molecular weight excluding hydrogens is 254 g/mol. The van der Waals surface area contributed by atoms with E-state index >= 15 is 0 Å². The molecule has 0 saturated carbocycles. The minimum Gasteiger partial charge on any atom is -0.481 e. The number of hydrogen-bond donors (Lipinski definition) is 1. The standard InChI is InChI=1S/C16H21NO3/c1-2-17(9-8-16(19)20)15(18)11-12-6-7-13-4-3-5-14(13)10-12/h6-7,10H,2-5,8-9,11H2,1H3,(H,19,20). The smallest absolute Gasteiger partial charge is 0.305 e. The molecule has 1 N–H and O–H groups in total. The molecule has 0 spiro atoms. The van der Waals surface area contributed by atoms with Gasteiger partial charge in [0.2, 0.25) is 5.91 Å². The van der Waals surface area contributed by atoms with Gasteiger partial charge in [-0.25, -0.2) is 0 Å². The van der Waals surface area contributed by atoms with E-state index < -0.39 is 5.97 Å². The summed E-state index contributed by atoms with van der Waals surface area (Å²) in [4.78, 5) is 24.4. The first-order chi connectivity index (χ1) is 9.60. The number of likely N-dealkylation sites (N-methyl/N-ethyl adjacent to an activating group) is 1. The Balaban J connectivity index is 1.97. The van der Waals surface area contributed by atoms with Gasteiger partial charge in [-0.2, -0.15) is 0 Å². The van der Waals surface area contributed by atoms with Gasteiger partial charge < -0.3 is 10.0 Å². The fourth-order valence-electron chi connectivity index (χ4n) is 2.71. The topological polar surface area (TPSA) is 57.6 Å². The average Bonchev–Trinajstić information content (AvgIpc) is 2.86. The van der Waals surface area contributed by atoms with E-state index in [9.17, 15) is 9.59 Å². The second-order valence-corrected chi connectivity index (χ2v) is 5.25. The monoisotopic (exact) mass is 275 g/mol. The maximum Gasteiger partial charge on any atom is 0.305 e. The lowest BCUT2D eigenvalue weighted by Crippen LogP contribution is -2.34. The predicted octanol–water partition coefficient (Wildman–Crippen LogP) is 2.04. The van der Waals surface area contributed by atoms with E-state index in [2.05, 4.69) is 12.1 Å². The van der Waals surface area contributed by atoms with Crippen LogP contribution in [0.1, 0.15) is 36.5 Å². The molecular formula is C16H21NO3. The molecule has 0 unspecified atom stereocenters. The molecule has 4 heteroatoms. The fourth-order valence-corrected chi connectivity index (χ4v) is 2.71. The van der Waals surface area contributed by atoms with Crippen LogP contribution in [0, 0.1) is 0 Å². The summed E-state index contributed by atoms with van der Waals surface area (Å²) in [5, 5.41) is 8.70. The van der Waals surface area contributed by atoms with Crippen LogP contribution in [0.5, 0.6) is 0 Å². The van der Waals surface area contributed by atoms with Crippen LogP contribution in [0.3, 0.4) is 0 Å². The van der Waals surface area contributed by atoms with Crippen LogP contribution < -0.4 is 0 Å². The first kappa shape index (κ1) is 14.6. The zero-order chi connectivity index (χ0) is 14.5. The number of benzene rings is 1. The van der Waals surface area contributed by atoms with Gasteiger partial charge in [-0.05, 0) is 42.9 Å². The molecule has 1 aromatic carbocycles. The minimum atomic E-state index is -0.867. The quantitative estimate of drug-likeness (QED) is 0.864. The Bertz CT molecular complexity index is 510. The van der Waals surface area contributed by atoms with Crippen molar-refractivity contribution in [1.82, 2.24) is 4.90 Å². The lowest BCUT2D eigenvalue weighted by molar-refractivity contribution is -0.138. The van der Waals surface area contributed by atoms with Crippen molar-refractivity contribution in [3.05, 3.63) is 34.9 Å². The molecule has 20 heavy (non-hydrogen) atoms. The third-order valence-corrected chi connectivity index (χ3v) is 3.85. The van der Waals surface area contributed by atoms with Crippen LogP contribution in [0.25, 0.3) is 0 Å². The average molecular weight is 275 g/mol. The van der Waals surface area contributed by atoms with E-state index in [-0.39, 0.29) is 18.9 Å².